The topological polar surface area (TPSA) is 141 Å². The van der Waals surface area contributed by atoms with Crippen molar-refractivity contribution in [3.05, 3.63) is 152 Å². The van der Waals surface area contributed by atoms with Crippen LogP contribution >= 0.6 is 23.2 Å². The Balaban J connectivity index is 1.41. The van der Waals surface area contributed by atoms with E-state index < -0.39 is 17.6 Å². The van der Waals surface area contributed by atoms with Crippen molar-refractivity contribution in [2.45, 2.75) is 31.0 Å². The first-order chi connectivity index (χ1) is 23.9. The first-order valence-electron chi connectivity index (χ1n) is 15.6. The van der Waals surface area contributed by atoms with Gasteiger partial charge in [-0.25, -0.2) is 10.4 Å². The van der Waals surface area contributed by atoms with Gasteiger partial charge in [0, 0.05) is 57.8 Å². The Morgan fingerprint density at radius 2 is 1.73 bits per heavy atom. The summed E-state index contributed by atoms with van der Waals surface area (Å²) in [6, 6.07) is 33.1. The molecule has 1 aliphatic rings. The van der Waals surface area contributed by atoms with E-state index in [9.17, 15) is 10.3 Å². The second kappa shape index (κ2) is 15.4. The highest BCUT2D eigenvalue weighted by Gasteiger charge is 2.54. The zero-order valence-corrected chi connectivity index (χ0v) is 27.7. The fourth-order valence-electron chi connectivity index (χ4n) is 5.84. The van der Waals surface area contributed by atoms with Crippen molar-refractivity contribution >= 4 is 51.5 Å². The molecule has 3 N–H and O–H groups in total. The van der Waals surface area contributed by atoms with Crippen LogP contribution in [0.15, 0.2) is 119 Å². The Hall–Kier alpha value is -5.09. The molecule has 0 radical (unpaired) electrons. The van der Waals surface area contributed by atoms with Crippen LogP contribution in [-0.4, -0.2) is 35.7 Å². The molecule has 1 amide bonds. The molecule has 49 heavy (non-hydrogen) atoms. The molecular weight excluding hydrogens is 663 g/mol. The monoisotopic (exact) mass is 694 g/mol. The number of aliphatic imine (C=N–C) groups is 1. The summed E-state index contributed by atoms with van der Waals surface area (Å²) in [5.74, 6) is 0.333. The number of azide groups is 1. The van der Waals surface area contributed by atoms with Gasteiger partial charge in [-0.05, 0) is 63.8 Å². The van der Waals surface area contributed by atoms with Crippen molar-refractivity contribution in [2.75, 3.05) is 13.2 Å². The summed E-state index contributed by atoms with van der Waals surface area (Å²) in [5, 5.41) is 15.8. The molecule has 248 valence electrons. The number of nitrogens with one attached hydrogen (secondary N) is 2. The summed E-state index contributed by atoms with van der Waals surface area (Å²) in [4.78, 5) is 22.7. The maximum atomic E-state index is 14.7. The average Bonchev–Trinajstić information content (AvgIpc) is 3.49. The molecule has 0 fully saturated rings. The molecule has 0 aromatic heterocycles. The SMILES string of the molecule is [N-]=[N+]=Nc1ccccc1C[C@]1(C(=O)NNCc2cccc3ccccc23)N=C(c2ccc(OCCCO)cc2)O[C@H]1c1ccc(Cl)cc1Cl. The fourth-order valence-corrected chi connectivity index (χ4v) is 6.35. The van der Waals surface area contributed by atoms with E-state index in [1.165, 1.54) is 0 Å². The van der Waals surface area contributed by atoms with Gasteiger partial charge in [0.25, 0.3) is 5.91 Å². The minimum Gasteiger partial charge on any atom is -0.494 e. The van der Waals surface area contributed by atoms with Crippen molar-refractivity contribution < 1.29 is 19.4 Å². The number of nitrogens with zero attached hydrogens (tertiary/aromatic N) is 4. The van der Waals surface area contributed by atoms with Crippen LogP contribution in [0.4, 0.5) is 5.69 Å². The second-order valence-corrected chi connectivity index (χ2v) is 12.2. The van der Waals surface area contributed by atoms with Gasteiger partial charge in [-0.1, -0.05) is 101 Å². The van der Waals surface area contributed by atoms with Crippen molar-refractivity contribution in [1.82, 2.24) is 10.9 Å². The summed E-state index contributed by atoms with van der Waals surface area (Å²) >= 11 is 13.1. The number of halogens is 2. The zero-order valence-electron chi connectivity index (χ0n) is 26.2. The molecule has 0 saturated carbocycles. The Morgan fingerprint density at radius 3 is 2.53 bits per heavy atom. The van der Waals surface area contributed by atoms with Gasteiger partial charge in [0.05, 0.1) is 6.61 Å². The van der Waals surface area contributed by atoms with Gasteiger partial charge in [-0.3, -0.25) is 10.2 Å². The van der Waals surface area contributed by atoms with Crippen molar-refractivity contribution in [2.24, 2.45) is 10.1 Å². The van der Waals surface area contributed by atoms with Crippen LogP contribution in [-0.2, 0) is 22.5 Å². The Bertz CT molecular complexity index is 2050. The minimum atomic E-state index is -1.63. The predicted molar refractivity (Wildman–Crippen MR) is 191 cm³/mol. The number of carbonyl (C=O) groups is 1. The third-order valence-electron chi connectivity index (χ3n) is 8.24. The molecule has 0 saturated heterocycles. The van der Waals surface area contributed by atoms with E-state index in [4.69, 9.17) is 42.8 Å². The van der Waals surface area contributed by atoms with E-state index in [1.807, 2.05) is 42.5 Å². The molecule has 0 aliphatic carbocycles. The van der Waals surface area contributed by atoms with Crippen molar-refractivity contribution in [1.29, 1.82) is 0 Å². The van der Waals surface area contributed by atoms with Crippen LogP contribution in [0.5, 0.6) is 5.75 Å². The Labute approximate surface area is 292 Å². The van der Waals surface area contributed by atoms with Gasteiger partial charge in [-0.2, -0.15) is 0 Å². The van der Waals surface area contributed by atoms with Gasteiger partial charge < -0.3 is 14.6 Å². The van der Waals surface area contributed by atoms with Crippen LogP contribution < -0.4 is 15.6 Å². The summed E-state index contributed by atoms with van der Waals surface area (Å²) < 4.78 is 12.3. The molecule has 0 spiro atoms. The van der Waals surface area contributed by atoms with E-state index in [0.29, 0.717) is 57.7 Å². The third-order valence-corrected chi connectivity index (χ3v) is 8.80. The maximum absolute atomic E-state index is 14.7. The number of rotatable bonds is 13. The number of hydrogen-bond donors (Lipinski definition) is 3. The highest BCUT2D eigenvalue weighted by atomic mass is 35.5. The maximum Gasteiger partial charge on any atom is 0.266 e. The van der Waals surface area contributed by atoms with Crippen LogP contribution in [0.1, 0.15) is 34.8 Å². The van der Waals surface area contributed by atoms with Crippen molar-refractivity contribution in [3.8, 4) is 5.75 Å². The molecule has 5 aromatic rings. The molecule has 0 unspecified atom stereocenters. The first kappa shape index (κ1) is 33.8. The molecule has 1 aliphatic heterocycles. The van der Waals surface area contributed by atoms with E-state index in [1.54, 1.807) is 66.7 Å². The Kier molecular flexibility index (Phi) is 10.6. The third kappa shape index (κ3) is 7.49. The van der Waals surface area contributed by atoms with Crippen LogP contribution in [0.3, 0.4) is 0 Å². The lowest BCUT2D eigenvalue weighted by molar-refractivity contribution is -0.130. The van der Waals surface area contributed by atoms with Gasteiger partial charge in [0.1, 0.15) is 5.75 Å². The zero-order chi connectivity index (χ0) is 34.2. The number of hydrogen-bond acceptors (Lipinski definition) is 7. The Morgan fingerprint density at radius 1 is 0.980 bits per heavy atom. The molecular formula is C37H32Cl2N6O4. The number of amides is 1. The quantitative estimate of drug-likeness (QED) is 0.0375. The molecule has 12 heteroatoms. The largest absolute Gasteiger partial charge is 0.494 e. The number of fused-ring (bicyclic) bond motifs is 1. The van der Waals surface area contributed by atoms with Crippen molar-refractivity contribution in [3.63, 3.8) is 0 Å². The molecule has 2 atom stereocenters. The summed E-state index contributed by atoms with van der Waals surface area (Å²) in [5.41, 5.74) is 16.7. The lowest BCUT2D eigenvalue weighted by atomic mass is 9.81. The van der Waals surface area contributed by atoms with E-state index >= 15 is 0 Å². The van der Waals surface area contributed by atoms with Crippen LogP contribution in [0, 0.1) is 0 Å². The number of aliphatic hydroxyl groups excluding tert-OH is 1. The van der Waals surface area contributed by atoms with Gasteiger partial charge in [0.15, 0.2) is 11.6 Å². The number of carbonyl (C=O) groups excluding carboxylic acids is 1. The smallest absolute Gasteiger partial charge is 0.266 e. The number of benzene rings is 5. The molecule has 10 nitrogen and oxygen atoms in total. The highest BCUT2D eigenvalue weighted by Crippen LogP contribution is 2.46. The molecule has 6 rings (SSSR count). The number of aliphatic hydroxyl groups is 1. The number of ether oxygens (including phenoxy) is 2. The fraction of sp³-hybridized carbons (Fsp3) is 0.189. The lowest BCUT2D eigenvalue weighted by Gasteiger charge is -2.31. The number of hydrazine groups is 1. The van der Waals surface area contributed by atoms with Crippen LogP contribution in [0.25, 0.3) is 21.2 Å². The summed E-state index contributed by atoms with van der Waals surface area (Å²) in [7, 11) is 0. The normalized spacial score (nSPS) is 16.8. The molecule has 1 heterocycles. The van der Waals surface area contributed by atoms with Gasteiger partial charge in [-0.15, -0.1) is 0 Å². The average molecular weight is 696 g/mol. The van der Waals surface area contributed by atoms with Crippen LogP contribution in [0.2, 0.25) is 10.0 Å². The van der Waals surface area contributed by atoms with E-state index in [-0.39, 0.29) is 18.9 Å². The van der Waals surface area contributed by atoms with Gasteiger partial charge in [0.2, 0.25) is 5.90 Å². The molecule has 5 aromatic carbocycles. The first-order valence-corrected chi connectivity index (χ1v) is 16.4. The highest BCUT2D eigenvalue weighted by molar-refractivity contribution is 6.35. The predicted octanol–water partition coefficient (Wildman–Crippen LogP) is 8.17. The van der Waals surface area contributed by atoms with Gasteiger partial charge >= 0.3 is 0 Å². The lowest BCUT2D eigenvalue weighted by Crippen LogP contribution is -2.53. The standard InChI is InChI=1S/C37H32Cl2N6O4/c38-28-15-18-31(32(39)21-28)34-37(22-26-8-2-4-12-33(26)43-45-40,42-35(49-34)25-13-16-29(17-14-25)48-20-6-19-46)36(47)44-41-23-27-10-5-9-24-7-1-3-11-30(24)27/h1-5,7-18,21,34,41,46H,6,19-20,22-23H2,(H,44,47)/t34-,37-/m0/s1. The van der Waals surface area contributed by atoms with E-state index in [0.717, 1.165) is 16.3 Å². The summed E-state index contributed by atoms with van der Waals surface area (Å²) in [6.45, 7) is 0.727. The van der Waals surface area contributed by atoms with E-state index in [2.05, 4.69) is 20.9 Å². The minimum absolute atomic E-state index is 0.000545. The summed E-state index contributed by atoms with van der Waals surface area (Å²) in [6.07, 6.45) is -0.504. The molecule has 0 bridgehead atoms. The second-order valence-electron chi connectivity index (χ2n) is 11.4.